The summed E-state index contributed by atoms with van der Waals surface area (Å²) < 4.78 is 6.23. The number of anilines is 1. The van der Waals surface area contributed by atoms with E-state index in [4.69, 9.17) is 4.74 Å². The molecule has 2 atom stereocenters. The molecule has 0 amide bonds. The van der Waals surface area contributed by atoms with Crippen LogP contribution in [0.5, 0.6) is 0 Å². The Labute approximate surface area is 128 Å². The first kappa shape index (κ1) is 14.9. The van der Waals surface area contributed by atoms with Crippen molar-refractivity contribution in [1.82, 2.24) is 5.32 Å². The summed E-state index contributed by atoms with van der Waals surface area (Å²) in [6, 6.07) is 9.43. The van der Waals surface area contributed by atoms with Crippen molar-refractivity contribution in [2.75, 3.05) is 24.5 Å². The minimum Gasteiger partial charge on any atom is -0.372 e. The van der Waals surface area contributed by atoms with Crippen molar-refractivity contribution in [3.63, 3.8) is 0 Å². The number of para-hydroxylation sites is 1. The Hall–Kier alpha value is -1.06. The summed E-state index contributed by atoms with van der Waals surface area (Å²) in [7, 11) is 0. The Morgan fingerprint density at radius 1 is 1.14 bits per heavy atom. The minimum absolute atomic E-state index is 0.385. The van der Waals surface area contributed by atoms with Crippen LogP contribution in [-0.4, -0.2) is 37.9 Å². The molecule has 1 saturated heterocycles. The van der Waals surface area contributed by atoms with Crippen LogP contribution in [0.2, 0.25) is 0 Å². The molecule has 1 aromatic carbocycles. The van der Waals surface area contributed by atoms with E-state index in [1.54, 1.807) is 0 Å². The molecule has 21 heavy (non-hydrogen) atoms. The SMILES string of the molecule is CCN(CC1CCC(CNC2CC2)O1)c1ccccc1C. The summed E-state index contributed by atoms with van der Waals surface area (Å²) >= 11 is 0. The van der Waals surface area contributed by atoms with E-state index in [1.165, 1.54) is 36.9 Å². The van der Waals surface area contributed by atoms with Crippen LogP contribution >= 0.6 is 0 Å². The lowest BCUT2D eigenvalue weighted by atomic mass is 10.1. The van der Waals surface area contributed by atoms with Crippen molar-refractivity contribution in [2.24, 2.45) is 0 Å². The molecule has 1 aliphatic carbocycles. The second kappa shape index (κ2) is 6.80. The quantitative estimate of drug-likeness (QED) is 0.834. The second-order valence-corrected chi connectivity index (χ2v) is 6.47. The molecule has 1 heterocycles. The van der Waals surface area contributed by atoms with Gasteiger partial charge in [0.25, 0.3) is 0 Å². The summed E-state index contributed by atoms with van der Waals surface area (Å²) in [5.41, 5.74) is 2.70. The summed E-state index contributed by atoms with van der Waals surface area (Å²) in [4.78, 5) is 2.46. The normalized spacial score (nSPS) is 25.2. The van der Waals surface area contributed by atoms with Gasteiger partial charge in [0.15, 0.2) is 0 Å². The summed E-state index contributed by atoms with van der Waals surface area (Å²) in [6.07, 6.45) is 5.91. The first-order valence-electron chi connectivity index (χ1n) is 8.45. The fraction of sp³-hybridized carbons (Fsp3) is 0.667. The first-order chi connectivity index (χ1) is 10.3. The van der Waals surface area contributed by atoms with Crippen LogP contribution in [0.3, 0.4) is 0 Å². The number of aryl methyl sites for hydroxylation is 1. The van der Waals surface area contributed by atoms with Crippen LogP contribution in [-0.2, 0) is 4.74 Å². The molecule has 0 bridgehead atoms. The van der Waals surface area contributed by atoms with E-state index in [-0.39, 0.29) is 0 Å². The van der Waals surface area contributed by atoms with Crippen molar-refractivity contribution in [2.45, 2.75) is 57.8 Å². The van der Waals surface area contributed by atoms with Gasteiger partial charge in [0.05, 0.1) is 12.2 Å². The Bertz CT molecular complexity index is 458. The molecule has 116 valence electrons. The fourth-order valence-corrected chi connectivity index (χ4v) is 3.21. The largest absolute Gasteiger partial charge is 0.372 e. The molecular weight excluding hydrogens is 260 g/mol. The zero-order chi connectivity index (χ0) is 14.7. The first-order valence-corrected chi connectivity index (χ1v) is 8.45. The number of rotatable bonds is 7. The molecule has 3 nitrogen and oxygen atoms in total. The van der Waals surface area contributed by atoms with Gasteiger partial charge in [0.2, 0.25) is 0 Å². The van der Waals surface area contributed by atoms with E-state index in [2.05, 4.69) is 48.3 Å². The highest BCUT2D eigenvalue weighted by atomic mass is 16.5. The Morgan fingerprint density at radius 2 is 1.90 bits per heavy atom. The van der Waals surface area contributed by atoms with E-state index in [1.807, 2.05) is 0 Å². The van der Waals surface area contributed by atoms with E-state index in [0.29, 0.717) is 12.2 Å². The number of nitrogens with zero attached hydrogens (tertiary/aromatic N) is 1. The third-order valence-corrected chi connectivity index (χ3v) is 4.67. The van der Waals surface area contributed by atoms with Gasteiger partial charge in [0.1, 0.15) is 0 Å². The van der Waals surface area contributed by atoms with Crippen molar-refractivity contribution in [1.29, 1.82) is 0 Å². The maximum absolute atomic E-state index is 6.23. The third-order valence-electron chi connectivity index (χ3n) is 4.67. The van der Waals surface area contributed by atoms with Gasteiger partial charge in [-0.1, -0.05) is 18.2 Å². The molecule has 2 fully saturated rings. The smallest absolute Gasteiger partial charge is 0.0755 e. The van der Waals surface area contributed by atoms with E-state index in [9.17, 15) is 0 Å². The van der Waals surface area contributed by atoms with E-state index in [0.717, 1.165) is 25.7 Å². The Balaban J connectivity index is 1.51. The number of benzene rings is 1. The number of likely N-dealkylation sites (N-methyl/N-ethyl adjacent to an activating group) is 1. The van der Waals surface area contributed by atoms with Gasteiger partial charge in [-0.25, -0.2) is 0 Å². The maximum Gasteiger partial charge on any atom is 0.0755 e. The van der Waals surface area contributed by atoms with Crippen molar-refractivity contribution in [3.8, 4) is 0 Å². The van der Waals surface area contributed by atoms with Crippen molar-refractivity contribution >= 4 is 5.69 Å². The maximum atomic E-state index is 6.23. The average molecular weight is 288 g/mol. The highest BCUT2D eigenvalue weighted by Gasteiger charge is 2.29. The predicted octanol–water partition coefficient (Wildman–Crippen LogP) is 3.12. The van der Waals surface area contributed by atoms with Crippen LogP contribution in [0.1, 0.15) is 38.2 Å². The number of ether oxygens (including phenoxy) is 1. The molecular formula is C18H28N2O. The van der Waals surface area contributed by atoms with Gasteiger partial charge in [-0.15, -0.1) is 0 Å². The number of nitrogens with one attached hydrogen (secondary N) is 1. The van der Waals surface area contributed by atoms with Gasteiger partial charge in [-0.3, -0.25) is 0 Å². The van der Waals surface area contributed by atoms with Crippen LogP contribution in [0.15, 0.2) is 24.3 Å². The van der Waals surface area contributed by atoms with Gasteiger partial charge in [-0.2, -0.15) is 0 Å². The van der Waals surface area contributed by atoms with E-state index < -0.39 is 0 Å². The average Bonchev–Trinajstić information content (AvgIpc) is 3.22. The summed E-state index contributed by atoms with van der Waals surface area (Å²) in [6.45, 7) is 7.51. The molecule has 0 radical (unpaired) electrons. The number of hydrogen-bond acceptors (Lipinski definition) is 3. The summed E-state index contributed by atoms with van der Waals surface area (Å²) in [5.74, 6) is 0. The monoisotopic (exact) mass is 288 g/mol. The molecule has 2 aliphatic rings. The molecule has 3 heteroatoms. The Kier molecular flexibility index (Phi) is 4.81. The molecule has 3 rings (SSSR count). The highest BCUT2D eigenvalue weighted by Crippen LogP contribution is 2.25. The van der Waals surface area contributed by atoms with Crippen LogP contribution in [0.4, 0.5) is 5.69 Å². The molecule has 1 aromatic rings. The zero-order valence-electron chi connectivity index (χ0n) is 13.3. The Morgan fingerprint density at radius 3 is 2.62 bits per heavy atom. The topological polar surface area (TPSA) is 24.5 Å². The van der Waals surface area contributed by atoms with Gasteiger partial charge in [-0.05, 0) is 51.2 Å². The van der Waals surface area contributed by atoms with Crippen LogP contribution in [0, 0.1) is 6.92 Å². The second-order valence-electron chi connectivity index (χ2n) is 6.47. The van der Waals surface area contributed by atoms with Gasteiger partial charge in [0, 0.05) is 31.4 Å². The van der Waals surface area contributed by atoms with E-state index >= 15 is 0 Å². The van der Waals surface area contributed by atoms with Gasteiger partial charge < -0.3 is 15.0 Å². The zero-order valence-corrected chi connectivity index (χ0v) is 13.3. The molecule has 2 unspecified atom stereocenters. The molecule has 0 spiro atoms. The number of hydrogen-bond donors (Lipinski definition) is 1. The third kappa shape index (κ3) is 3.98. The highest BCUT2D eigenvalue weighted by molar-refractivity contribution is 5.52. The van der Waals surface area contributed by atoms with Crippen molar-refractivity contribution in [3.05, 3.63) is 29.8 Å². The fourth-order valence-electron chi connectivity index (χ4n) is 3.21. The minimum atomic E-state index is 0.385. The molecule has 1 N–H and O–H groups in total. The lowest BCUT2D eigenvalue weighted by Crippen LogP contribution is -2.34. The lowest BCUT2D eigenvalue weighted by molar-refractivity contribution is 0.0493. The lowest BCUT2D eigenvalue weighted by Gasteiger charge is -2.28. The van der Waals surface area contributed by atoms with Crippen LogP contribution in [0.25, 0.3) is 0 Å². The van der Waals surface area contributed by atoms with Crippen LogP contribution < -0.4 is 10.2 Å². The molecule has 1 aliphatic heterocycles. The molecule has 1 saturated carbocycles. The summed E-state index contributed by atoms with van der Waals surface area (Å²) in [5, 5.41) is 3.59. The van der Waals surface area contributed by atoms with Crippen molar-refractivity contribution < 1.29 is 4.74 Å². The predicted molar refractivity (Wildman–Crippen MR) is 88.0 cm³/mol. The molecule has 0 aromatic heterocycles. The van der Waals surface area contributed by atoms with Gasteiger partial charge >= 0.3 is 0 Å². The standard InChI is InChI=1S/C18H28N2O/c1-3-20(18-7-5-4-6-14(18)2)13-17-11-10-16(21-17)12-19-15-8-9-15/h4-7,15-17,19H,3,8-13H2,1-2H3.